The van der Waals surface area contributed by atoms with Crippen LogP contribution in [-0.2, 0) is 32.7 Å². The third-order valence-electron chi connectivity index (χ3n) is 17.6. The molecule has 2 unspecified atom stereocenters. The molecule has 0 aromatic carbocycles. The lowest BCUT2D eigenvalue weighted by Crippen LogP contribution is -2.37. The number of ether oxygens (including phenoxy) is 2. The zero-order valence-corrected chi connectivity index (χ0v) is 63.3. The molecule has 0 radical (unpaired) electrons. The van der Waals surface area contributed by atoms with E-state index < -0.39 is 26.5 Å². The second kappa shape index (κ2) is 74.2. The molecule has 0 saturated heterocycles. The summed E-state index contributed by atoms with van der Waals surface area (Å²) in [5.41, 5.74) is 0. The number of esters is 2. The molecular weight excluding hydrogens is 1180 g/mol. The summed E-state index contributed by atoms with van der Waals surface area (Å²) < 4.78 is 34.8. The van der Waals surface area contributed by atoms with Crippen molar-refractivity contribution < 1.29 is 42.1 Å². The van der Waals surface area contributed by atoms with Crippen LogP contribution < -0.4 is 0 Å². The lowest BCUT2D eigenvalue weighted by molar-refractivity contribution is -0.870. The second-order valence-electron chi connectivity index (χ2n) is 28.0. The summed E-state index contributed by atoms with van der Waals surface area (Å²) in [4.78, 5) is 36.0. The first-order valence-corrected chi connectivity index (χ1v) is 41.5. The predicted molar refractivity (Wildman–Crippen MR) is 408 cm³/mol. The summed E-state index contributed by atoms with van der Waals surface area (Å²) >= 11 is 0. The Kier molecular flexibility index (Phi) is 71.7. The van der Waals surface area contributed by atoms with Crippen molar-refractivity contribution >= 4 is 19.8 Å². The van der Waals surface area contributed by atoms with Gasteiger partial charge in [0.25, 0.3) is 0 Å². The van der Waals surface area contributed by atoms with Crippen LogP contribution in [0.5, 0.6) is 0 Å². The van der Waals surface area contributed by atoms with Crippen molar-refractivity contribution in [2.45, 2.75) is 380 Å². The lowest BCUT2D eigenvalue weighted by atomic mass is 10.0. The van der Waals surface area contributed by atoms with Gasteiger partial charge in [-0.1, -0.05) is 368 Å². The van der Waals surface area contributed by atoms with Gasteiger partial charge in [-0.3, -0.25) is 18.6 Å². The maximum absolute atomic E-state index is 12.9. The highest BCUT2D eigenvalue weighted by atomic mass is 31.2. The monoisotopic (exact) mass is 1340 g/mol. The molecule has 546 valence electrons. The molecule has 9 nitrogen and oxygen atoms in total. The minimum Gasteiger partial charge on any atom is -0.462 e. The summed E-state index contributed by atoms with van der Waals surface area (Å²) in [5.74, 6) is -0.778. The van der Waals surface area contributed by atoms with Crippen LogP contribution in [0.25, 0.3) is 0 Å². The number of phosphoric acid groups is 1. The van der Waals surface area contributed by atoms with Gasteiger partial charge in [0.2, 0.25) is 0 Å². The molecule has 0 aliphatic rings. The highest BCUT2D eigenvalue weighted by Crippen LogP contribution is 2.43. The van der Waals surface area contributed by atoms with Gasteiger partial charge >= 0.3 is 19.8 Å². The van der Waals surface area contributed by atoms with E-state index >= 15 is 0 Å². The first kappa shape index (κ1) is 90.9. The fourth-order valence-corrected chi connectivity index (χ4v) is 12.3. The van der Waals surface area contributed by atoms with Crippen LogP contribution >= 0.6 is 7.82 Å². The van der Waals surface area contributed by atoms with Gasteiger partial charge in [0.05, 0.1) is 27.7 Å². The Bertz CT molecular complexity index is 1910. The molecule has 0 amide bonds. The summed E-state index contributed by atoms with van der Waals surface area (Å²) in [6.07, 6.45) is 104. The van der Waals surface area contributed by atoms with Gasteiger partial charge in [-0.2, -0.15) is 0 Å². The quantitative estimate of drug-likeness (QED) is 0.0211. The number of carbonyl (C=O) groups is 2. The van der Waals surface area contributed by atoms with E-state index in [0.717, 1.165) is 83.5 Å². The molecule has 0 aliphatic carbocycles. The molecule has 0 spiro atoms. The van der Waals surface area contributed by atoms with Crippen LogP contribution in [0.1, 0.15) is 373 Å². The average molecular weight is 1340 g/mol. The van der Waals surface area contributed by atoms with Crippen LogP contribution in [0.3, 0.4) is 0 Å². The zero-order valence-electron chi connectivity index (χ0n) is 62.4. The maximum Gasteiger partial charge on any atom is 0.472 e. The van der Waals surface area contributed by atoms with Gasteiger partial charge in [-0.05, 0) is 89.9 Å². The molecule has 0 aliphatic heterocycles. The maximum atomic E-state index is 12.9. The topological polar surface area (TPSA) is 108 Å². The molecule has 0 bridgehead atoms. The van der Waals surface area contributed by atoms with E-state index in [1.165, 1.54) is 257 Å². The highest BCUT2D eigenvalue weighted by molar-refractivity contribution is 7.47. The standard InChI is InChI=1S/C84H152NO8P/c1-6-8-10-12-14-16-18-20-22-24-26-28-30-32-34-36-38-40-42-44-46-48-50-52-54-56-58-60-62-64-66-68-70-72-74-76-83(86)90-80-82(81-92-94(88,89)91-79-78-85(3,4)5)93-84(87)77-75-73-71-69-67-65-63-61-59-57-55-53-51-49-47-45-43-41-39-37-35-33-31-29-27-25-23-21-19-17-15-13-11-9-7-2/h8-11,14-17,20-23,26-29,82H,6-7,12-13,18-19,24-25,30-81H2,1-5H3/p+1/b10-8-,11-9-,16-14-,17-15-,22-20-,23-21-,28-26-,29-27-. The number of phosphoric ester groups is 1. The van der Waals surface area contributed by atoms with Crippen LogP contribution in [0.4, 0.5) is 0 Å². The number of rotatable bonds is 74. The van der Waals surface area contributed by atoms with Gasteiger partial charge in [0.15, 0.2) is 6.10 Å². The van der Waals surface area contributed by atoms with Crippen LogP contribution in [-0.4, -0.2) is 74.9 Å². The van der Waals surface area contributed by atoms with Crippen molar-refractivity contribution in [2.75, 3.05) is 47.5 Å². The lowest BCUT2D eigenvalue weighted by Gasteiger charge is -2.24. The molecule has 0 aromatic rings. The number of hydrogen-bond acceptors (Lipinski definition) is 7. The SMILES string of the molecule is CC/C=C\C/C=C\C/C=C\C/C=C\CCCCCCCCCCCCCCCCCCCCCCCCC(=O)OCC(COP(=O)(O)OCC[N+](C)(C)C)OC(=O)CCCCCCCCCCCCCCCCCCCCCCCC/C=C\C/C=C\C/C=C\C/C=C\CC. The molecule has 0 saturated carbocycles. The van der Waals surface area contributed by atoms with E-state index in [1.807, 2.05) is 21.1 Å². The first-order chi connectivity index (χ1) is 46.0. The molecule has 0 fully saturated rings. The fourth-order valence-electron chi connectivity index (χ4n) is 11.6. The van der Waals surface area contributed by atoms with Crippen molar-refractivity contribution in [1.29, 1.82) is 0 Å². The smallest absolute Gasteiger partial charge is 0.462 e. The Morgan fingerprint density at radius 3 is 0.851 bits per heavy atom. The summed E-state index contributed by atoms with van der Waals surface area (Å²) in [5, 5.41) is 0. The van der Waals surface area contributed by atoms with E-state index in [9.17, 15) is 19.0 Å². The van der Waals surface area contributed by atoms with Crippen molar-refractivity contribution in [2.24, 2.45) is 0 Å². The molecule has 1 N–H and O–H groups in total. The summed E-state index contributed by atoms with van der Waals surface area (Å²) in [7, 11) is 1.49. The molecule has 0 heterocycles. The third kappa shape index (κ3) is 77.9. The minimum atomic E-state index is -4.40. The van der Waals surface area contributed by atoms with Crippen LogP contribution in [0.2, 0.25) is 0 Å². The average Bonchev–Trinajstić information content (AvgIpc) is 2.35. The molecule has 2 atom stereocenters. The Labute approximate surface area is 583 Å². The molecular formula is C84H153NO8P+. The van der Waals surface area contributed by atoms with Gasteiger partial charge < -0.3 is 18.9 Å². The first-order valence-electron chi connectivity index (χ1n) is 40.0. The minimum absolute atomic E-state index is 0.0324. The van der Waals surface area contributed by atoms with Crippen molar-refractivity contribution in [1.82, 2.24) is 0 Å². The fraction of sp³-hybridized carbons (Fsp3) is 0.786. The Hall–Kier alpha value is -3.07. The normalized spacial score (nSPS) is 13.6. The third-order valence-corrected chi connectivity index (χ3v) is 18.6. The summed E-state index contributed by atoms with van der Waals surface area (Å²) in [6, 6.07) is 0. The van der Waals surface area contributed by atoms with E-state index in [-0.39, 0.29) is 25.6 Å². The second-order valence-corrected chi connectivity index (χ2v) is 29.5. The number of likely N-dealkylation sites (N-methyl/N-ethyl adjacent to an activating group) is 1. The van der Waals surface area contributed by atoms with E-state index in [4.69, 9.17) is 18.5 Å². The largest absolute Gasteiger partial charge is 0.472 e. The number of nitrogens with zero attached hydrogens (tertiary/aromatic N) is 1. The van der Waals surface area contributed by atoms with Gasteiger partial charge in [-0.15, -0.1) is 0 Å². The number of allylic oxidation sites excluding steroid dienone is 16. The van der Waals surface area contributed by atoms with Gasteiger partial charge in [0, 0.05) is 12.8 Å². The zero-order chi connectivity index (χ0) is 68.3. The molecule has 0 aromatic heterocycles. The van der Waals surface area contributed by atoms with Crippen molar-refractivity contribution in [3.05, 3.63) is 97.2 Å². The molecule has 10 heteroatoms. The molecule has 0 rings (SSSR count). The number of unbranched alkanes of at least 4 members (excludes halogenated alkanes) is 44. The molecule has 94 heavy (non-hydrogen) atoms. The van der Waals surface area contributed by atoms with Gasteiger partial charge in [0.1, 0.15) is 19.8 Å². The van der Waals surface area contributed by atoms with Gasteiger partial charge in [-0.25, -0.2) is 4.57 Å². The predicted octanol–water partition coefficient (Wildman–Crippen LogP) is 26.6. The van der Waals surface area contributed by atoms with Crippen LogP contribution in [0.15, 0.2) is 97.2 Å². The van der Waals surface area contributed by atoms with Crippen LogP contribution in [0, 0.1) is 0 Å². The summed E-state index contributed by atoms with van der Waals surface area (Å²) in [6.45, 7) is 4.27. The number of carbonyl (C=O) groups excluding carboxylic acids is 2. The highest BCUT2D eigenvalue weighted by Gasteiger charge is 2.27. The van der Waals surface area contributed by atoms with Crippen molar-refractivity contribution in [3.8, 4) is 0 Å². The van der Waals surface area contributed by atoms with E-state index in [1.54, 1.807) is 0 Å². The Morgan fingerprint density at radius 1 is 0.330 bits per heavy atom. The van der Waals surface area contributed by atoms with E-state index in [2.05, 4.69) is 111 Å². The Morgan fingerprint density at radius 2 is 0.574 bits per heavy atom. The number of hydrogen-bond donors (Lipinski definition) is 1. The number of quaternary nitrogens is 1. The Balaban J connectivity index is 3.92. The van der Waals surface area contributed by atoms with E-state index in [0.29, 0.717) is 23.9 Å². The van der Waals surface area contributed by atoms with Crippen molar-refractivity contribution in [3.63, 3.8) is 0 Å².